The lowest BCUT2D eigenvalue weighted by molar-refractivity contribution is 0.0557. The van der Waals surface area contributed by atoms with Gasteiger partial charge in [0.15, 0.2) is 5.82 Å². The van der Waals surface area contributed by atoms with E-state index in [9.17, 15) is 9.90 Å². The van der Waals surface area contributed by atoms with Gasteiger partial charge in [-0.25, -0.2) is 4.98 Å². The van der Waals surface area contributed by atoms with Crippen LogP contribution in [0.5, 0.6) is 0 Å². The highest BCUT2D eigenvalue weighted by molar-refractivity contribution is 5.35. The lowest BCUT2D eigenvalue weighted by Crippen LogP contribution is -2.42. The summed E-state index contributed by atoms with van der Waals surface area (Å²) in [5.74, 6) is 0.413. The van der Waals surface area contributed by atoms with Crippen molar-refractivity contribution in [2.75, 3.05) is 18.5 Å². The fraction of sp³-hybridized carbons (Fsp3) is 0.714. The van der Waals surface area contributed by atoms with E-state index in [0.29, 0.717) is 12.4 Å². The minimum absolute atomic E-state index is 0.0957. The van der Waals surface area contributed by atoms with Gasteiger partial charge < -0.3 is 14.6 Å². The minimum Gasteiger partial charge on any atom is -0.388 e. The molecule has 1 heterocycles. The van der Waals surface area contributed by atoms with E-state index < -0.39 is 5.60 Å². The highest BCUT2D eigenvalue weighted by atomic mass is 16.3. The zero-order valence-electron chi connectivity index (χ0n) is 12.0. The van der Waals surface area contributed by atoms with E-state index in [4.69, 9.17) is 0 Å². The Kier molecular flexibility index (Phi) is 3.94. The first-order valence-corrected chi connectivity index (χ1v) is 6.94. The van der Waals surface area contributed by atoms with E-state index in [0.717, 1.165) is 25.7 Å². The standard InChI is InChI=1S/C14H23N3O2/c1-11(2)17-9-8-15-12(13(17)18)16(3)10-14(19)6-4-5-7-14/h8-9,11,19H,4-7,10H2,1-3H3. The van der Waals surface area contributed by atoms with E-state index in [1.165, 1.54) is 0 Å². The number of hydrogen-bond acceptors (Lipinski definition) is 4. The van der Waals surface area contributed by atoms with Gasteiger partial charge in [-0.15, -0.1) is 0 Å². The molecule has 1 saturated carbocycles. The molecule has 0 spiro atoms. The van der Waals surface area contributed by atoms with Gasteiger partial charge in [0.2, 0.25) is 0 Å². The quantitative estimate of drug-likeness (QED) is 0.897. The largest absolute Gasteiger partial charge is 0.388 e. The Bertz CT molecular complexity index is 490. The first-order valence-electron chi connectivity index (χ1n) is 6.94. The van der Waals surface area contributed by atoms with Crippen LogP contribution in [-0.4, -0.2) is 33.9 Å². The van der Waals surface area contributed by atoms with Gasteiger partial charge in [0.05, 0.1) is 5.60 Å². The summed E-state index contributed by atoms with van der Waals surface area (Å²) in [6.45, 7) is 4.41. The van der Waals surface area contributed by atoms with Crippen molar-refractivity contribution in [2.45, 2.75) is 51.2 Å². The number of rotatable bonds is 4. The molecule has 0 aromatic carbocycles. The summed E-state index contributed by atoms with van der Waals surface area (Å²) in [6.07, 6.45) is 7.08. The number of aliphatic hydroxyl groups is 1. The summed E-state index contributed by atoms with van der Waals surface area (Å²) in [6, 6.07) is 0.109. The van der Waals surface area contributed by atoms with Crippen molar-refractivity contribution >= 4 is 5.82 Å². The van der Waals surface area contributed by atoms with Crippen molar-refractivity contribution in [3.05, 3.63) is 22.7 Å². The van der Waals surface area contributed by atoms with Crippen LogP contribution in [0.25, 0.3) is 0 Å². The molecule has 1 aliphatic carbocycles. The first kappa shape index (κ1) is 14.1. The molecule has 0 bridgehead atoms. The van der Waals surface area contributed by atoms with Gasteiger partial charge in [-0.3, -0.25) is 4.79 Å². The normalized spacial score (nSPS) is 17.9. The highest BCUT2D eigenvalue weighted by Gasteiger charge is 2.33. The smallest absolute Gasteiger partial charge is 0.293 e. The summed E-state index contributed by atoms with van der Waals surface area (Å²) in [7, 11) is 1.82. The Labute approximate surface area is 113 Å². The van der Waals surface area contributed by atoms with Gasteiger partial charge in [0.1, 0.15) is 0 Å². The van der Waals surface area contributed by atoms with E-state index in [-0.39, 0.29) is 11.6 Å². The molecule has 0 atom stereocenters. The molecule has 5 nitrogen and oxygen atoms in total. The molecule has 1 aromatic heterocycles. The second-order valence-corrected chi connectivity index (χ2v) is 5.84. The number of nitrogens with zero attached hydrogens (tertiary/aromatic N) is 3. The maximum absolute atomic E-state index is 12.3. The van der Waals surface area contributed by atoms with Crippen LogP contribution in [0, 0.1) is 0 Å². The molecule has 0 unspecified atom stereocenters. The zero-order valence-corrected chi connectivity index (χ0v) is 12.0. The molecule has 1 N–H and O–H groups in total. The highest BCUT2D eigenvalue weighted by Crippen LogP contribution is 2.30. The van der Waals surface area contributed by atoms with Crippen molar-refractivity contribution in [1.82, 2.24) is 9.55 Å². The van der Waals surface area contributed by atoms with E-state index in [1.54, 1.807) is 21.9 Å². The lowest BCUT2D eigenvalue weighted by Gasteiger charge is -2.29. The third-order valence-electron chi connectivity index (χ3n) is 3.83. The van der Waals surface area contributed by atoms with Gasteiger partial charge in [0.25, 0.3) is 5.56 Å². The molecule has 0 radical (unpaired) electrons. The Morgan fingerprint density at radius 2 is 2.11 bits per heavy atom. The second-order valence-electron chi connectivity index (χ2n) is 5.84. The van der Waals surface area contributed by atoms with Crippen LogP contribution < -0.4 is 10.5 Å². The first-order chi connectivity index (χ1) is 8.93. The van der Waals surface area contributed by atoms with Crippen LogP contribution in [0.2, 0.25) is 0 Å². The molecular weight excluding hydrogens is 242 g/mol. The van der Waals surface area contributed by atoms with Crippen LogP contribution in [-0.2, 0) is 0 Å². The Morgan fingerprint density at radius 1 is 1.47 bits per heavy atom. The van der Waals surface area contributed by atoms with Gasteiger partial charge >= 0.3 is 0 Å². The second kappa shape index (κ2) is 5.33. The van der Waals surface area contributed by atoms with Crippen molar-refractivity contribution in [1.29, 1.82) is 0 Å². The average molecular weight is 265 g/mol. The fourth-order valence-corrected chi connectivity index (χ4v) is 2.79. The van der Waals surface area contributed by atoms with Gasteiger partial charge in [0, 0.05) is 32.0 Å². The molecule has 2 rings (SSSR count). The molecule has 1 aromatic rings. The van der Waals surface area contributed by atoms with E-state index in [2.05, 4.69) is 4.98 Å². The maximum Gasteiger partial charge on any atom is 0.293 e. The number of likely N-dealkylation sites (N-methyl/N-ethyl adjacent to an activating group) is 1. The predicted octanol–water partition coefficient (Wildman–Crippen LogP) is 1.57. The molecule has 19 heavy (non-hydrogen) atoms. The summed E-state index contributed by atoms with van der Waals surface area (Å²) >= 11 is 0. The van der Waals surface area contributed by atoms with Crippen LogP contribution in [0.15, 0.2) is 17.2 Å². The summed E-state index contributed by atoms with van der Waals surface area (Å²) in [4.78, 5) is 18.3. The lowest BCUT2D eigenvalue weighted by atomic mass is 10.0. The van der Waals surface area contributed by atoms with Crippen molar-refractivity contribution in [3.8, 4) is 0 Å². The summed E-state index contributed by atoms with van der Waals surface area (Å²) in [5.41, 5.74) is -0.761. The molecule has 0 saturated heterocycles. The fourth-order valence-electron chi connectivity index (χ4n) is 2.79. The molecule has 5 heteroatoms. The molecule has 0 aliphatic heterocycles. The topological polar surface area (TPSA) is 58.4 Å². The molecule has 1 fully saturated rings. The van der Waals surface area contributed by atoms with Crippen LogP contribution >= 0.6 is 0 Å². The van der Waals surface area contributed by atoms with Crippen LogP contribution in [0.4, 0.5) is 5.82 Å². The summed E-state index contributed by atoms with van der Waals surface area (Å²) in [5, 5.41) is 10.4. The van der Waals surface area contributed by atoms with Crippen molar-refractivity contribution < 1.29 is 5.11 Å². The Morgan fingerprint density at radius 3 is 2.68 bits per heavy atom. The van der Waals surface area contributed by atoms with Crippen molar-refractivity contribution in [3.63, 3.8) is 0 Å². The third kappa shape index (κ3) is 2.97. The molecule has 106 valence electrons. The zero-order chi connectivity index (χ0) is 14.0. The summed E-state index contributed by atoms with van der Waals surface area (Å²) < 4.78 is 1.66. The van der Waals surface area contributed by atoms with Gasteiger partial charge in [-0.2, -0.15) is 0 Å². The van der Waals surface area contributed by atoms with Crippen LogP contribution in [0.1, 0.15) is 45.6 Å². The average Bonchev–Trinajstić information content (AvgIpc) is 2.75. The van der Waals surface area contributed by atoms with Crippen molar-refractivity contribution in [2.24, 2.45) is 0 Å². The number of aromatic nitrogens is 2. The monoisotopic (exact) mass is 265 g/mol. The predicted molar refractivity (Wildman–Crippen MR) is 75.6 cm³/mol. The number of anilines is 1. The van der Waals surface area contributed by atoms with Gasteiger partial charge in [-0.1, -0.05) is 12.8 Å². The van der Waals surface area contributed by atoms with E-state index in [1.807, 2.05) is 20.9 Å². The van der Waals surface area contributed by atoms with E-state index >= 15 is 0 Å². The molecule has 0 amide bonds. The Balaban J connectivity index is 2.22. The third-order valence-corrected chi connectivity index (χ3v) is 3.83. The minimum atomic E-state index is -0.665. The van der Waals surface area contributed by atoms with Gasteiger partial charge in [-0.05, 0) is 26.7 Å². The SMILES string of the molecule is CC(C)n1ccnc(N(C)CC2(O)CCCC2)c1=O. The molecule has 1 aliphatic rings. The maximum atomic E-state index is 12.3. The Hall–Kier alpha value is -1.36. The van der Waals surface area contributed by atoms with Crippen LogP contribution in [0.3, 0.4) is 0 Å². The molecular formula is C14H23N3O2. The number of hydrogen-bond donors (Lipinski definition) is 1.